The molecule has 1 aliphatic rings. The molecule has 11 heteroatoms. The first kappa shape index (κ1) is 29.5. The Morgan fingerprint density at radius 1 is 1.03 bits per heavy atom. The highest BCUT2D eigenvalue weighted by Crippen LogP contribution is 2.30. The molecule has 1 aliphatic heterocycles. The summed E-state index contributed by atoms with van der Waals surface area (Å²) in [5.74, 6) is -0.196. The van der Waals surface area contributed by atoms with Gasteiger partial charge in [-0.1, -0.05) is 37.3 Å². The van der Waals surface area contributed by atoms with Crippen LogP contribution in [0.15, 0.2) is 53.4 Å². The predicted octanol–water partition coefficient (Wildman–Crippen LogP) is 4.50. The lowest BCUT2D eigenvalue weighted by atomic mass is 10.2. The Bertz CT molecular complexity index is 1250. The van der Waals surface area contributed by atoms with Gasteiger partial charge < -0.3 is 9.64 Å². The Hall–Kier alpha value is -2.08. The first-order valence-electron chi connectivity index (χ1n) is 12.4. The van der Waals surface area contributed by atoms with E-state index in [2.05, 4.69) is 18.7 Å². The third kappa shape index (κ3) is 6.68. The number of benzene rings is 2. The lowest BCUT2D eigenvalue weighted by Gasteiger charge is -2.34. The van der Waals surface area contributed by atoms with E-state index in [0.717, 1.165) is 23.3 Å². The highest BCUT2D eigenvalue weighted by atomic mass is 35.5. The summed E-state index contributed by atoms with van der Waals surface area (Å²) in [7, 11) is -3.68. The second-order valence-electron chi connectivity index (χ2n) is 9.05. The van der Waals surface area contributed by atoms with Crippen LogP contribution >= 0.6 is 23.7 Å². The summed E-state index contributed by atoms with van der Waals surface area (Å²) in [5.41, 5.74) is 1.28. The molecule has 0 bridgehead atoms. The molecule has 0 radical (unpaired) electrons. The van der Waals surface area contributed by atoms with Crippen LogP contribution in [0, 0.1) is 0 Å². The average molecular weight is 567 g/mol. The highest BCUT2D eigenvalue weighted by molar-refractivity contribution is 7.89. The average Bonchev–Trinajstić information content (AvgIpc) is 3.30. The summed E-state index contributed by atoms with van der Waals surface area (Å²) in [6.07, 6.45) is -0.338. The molecular weight excluding hydrogens is 532 g/mol. The number of carbonyl (C=O) groups is 1. The fraction of sp³-hybridized carbons (Fsp3) is 0.462. The van der Waals surface area contributed by atoms with Crippen molar-refractivity contribution in [3.63, 3.8) is 0 Å². The standard InChI is InChI=1S/C26H34N4O4S2.ClH/c1-5-28(6-2)15-16-30(26-27-23-9-7-8-10-24(23)35-26)25(31)21-11-13-22(14-12-21)36(32,33)29-17-19(3)34-20(4)18-29;/h7-14,19-20H,5-6,15-18H2,1-4H3;1H. The summed E-state index contributed by atoms with van der Waals surface area (Å²) < 4.78 is 34.6. The van der Waals surface area contributed by atoms with Crippen molar-refractivity contribution in [2.45, 2.75) is 44.8 Å². The molecule has 202 valence electrons. The van der Waals surface area contributed by atoms with Crippen molar-refractivity contribution in [1.82, 2.24) is 14.2 Å². The molecule has 2 unspecified atom stereocenters. The number of hydrogen-bond acceptors (Lipinski definition) is 7. The molecule has 2 aromatic carbocycles. The van der Waals surface area contributed by atoms with Gasteiger partial charge in [0.05, 0.1) is 27.3 Å². The molecule has 0 N–H and O–H groups in total. The summed E-state index contributed by atoms with van der Waals surface area (Å²) in [4.78, 5) is 22.5. The Morgan fingerprint density at radius 2 is 1.65 bits per heavy atom. The quantitative estimate of drug-likeness (QED) is 0.379. The monoisotopic (exact) mass is 566 g/mol. The van der Waals surface area contributed by atoms with Crippen LogP contribution in [0.1, 0.15) is 38.1 Å². The van der Waals surface area contributed by atoms with Crippen LogP contribution in [0.3, 0.4) is 0 Å². The minimum absolute atomic E-state index is 0. The number of anilines is 1. The van der Waals surface area contributed by atoms with E-state index in [1.165, 1.54) is 27.8 Å². The number of likely N-dealkylation sites (N-methyl/N-ethyl adjacent to an activating group) is 1. The maximum atomic E-state index is 13.7. The normalized spacial score (nSPS) is 18.6. The number of aromatic nitrogens is 1. The maximum absolute atomic E-state index is 13.7. The Labute approximate surface area is 229 Å². The minimum atomic E-state index is -3.68. The van der Waals surface area contributed by atoms with Crippen LogP contribution in [0.25, 0.3) is 10.2 Å². The number of thiazole rings is 1. The smallest absolute Gasteiger partial charge is 0.260 e. The molecule has 2 heterocycles. The fourth-order valence-corrected chi connectivity index (χ4v) is 7.02. The number of nitrogens with zero attached hydrogens (tertiary/aromatic N) is 4. The number of fused-ring (bicyclic) bond motifs is 1. The van der Waals surface area contributed by atoms with Gasteiger partial charge in [0.2, 0.25) is 10.0 Å². The van der Waals surface area contributed by atoms with Gasteiger partial charge in [-0.05, 0) is 63.3 Å². The molecule has 1 fully saturated rings. The van der Waals surface area contributed by atoms with Crippen molar-refractivity contribution in [1.29, 1.82) is 0 Å². The number of morpholine rings is 1. The number of para-hydroxylation sites is 1. The van der Waals surface area contributed by atoms with Gasteiger partial charge >= 0.3 is 0 Å². The van der Waals surface area contributed by atoms with Crippen LogP contribution in [0.4, 0.5) is 5.13 Å². The number of hydrogen-bond donors (Lipinski definition) is 0. The molecule has 37 heavy (non-hydrogen) atoms. The molecular formula is C26H35ClN4O4S2. The van der Waals surface area contributed by atoms with Crippen molar-refractivity contribution < 1.29 is 17.9 Å². The highest BCUT2D eigenvalue weighted by Gasteiger charge is 2.32. The van der Waals surface area contributed by atoms with E-state index >= 15 is 0 Å². The Balaban J connectivity index is 0.00000380. The second-order valence-corrected chi connectivity index (χ2v) is 12.0. The summed E-state index contributed by atoms with van der Waals surface area (Å²) in [6.45, 7) is 11.6. The molecule has 3 aromatic rings. The van der Waals surface area contributed by atoms with Crippen molar-refractivity contribution in [3.8, 4) is 0 Å². The molecule has 0 saturated carbocycles. The van der Waals surface area contributed by atoms with E-state index in [1.807, 2.05) is 38.1 Å². The van der Waals surface area contributed by atoms with Gasteiger partial charge in [0.25, 0.3) is 5.91 Å². The molecule has 0 aliphatic carbocycles. The maximum Gasteiger partial charge on any atom is 0.260 e. The van der Waals surface area contributed by atoms with Crippen LogP contribution in [0.2, 0.25) is 0 Å². The number of carbonyl (C=O) groups excluding carboxylic acids is 1. The van der Waals surface area contributed by atoms with Gasteiger partial charge in [0, 0.05) is 31.7 Å². The number of ether oxygens (including phenoxy) is 1. The van der Waals surface area contributed by atoms with Crippen LogP contribution in [0.5, 0.6) is 0 Å². The summed E-state index contributed by atoms with van der Waals surface area (Å²) >= 11 is 1.48. The second kappa shape index (κ2) is 12.6. The number of halogens is 1. The molecule has 1 aromatic heterocycles. The van der Waals surface area contributed by atoms with Crippen molar-refractivity contribution in [3.05, 3.63) is 54.1 Å². The third-order valence-electron chi connectivity index (χ3n) is 6.42. The molecule has 0 spiro atoms. The number of rotatable bonds is 9. The van der Waals surface area contributed by atoms with E-state index in [0.29, 0.717) is 36.9 Å². The fourth-order valence-electron chi connectivity index (χ4n) is 4.44. The molecule has 8 nitrogen and oxygen atoms in total. The lowest BCUT2D eigenvalue weighted by molar-refractivity contribution is -0.0440. The minimum Gasteiger partial charge on any atom is -0.373 e. The van der Waals surface area contributed by atoms with Crippen molar-refractivity contribution in [2.24, 2.45) is 0 Å². The predicted molar refractivity (Wildman–Crippen MR) is 152 cm³/mol. The molecule has 1 saturated heterocycles. The number of sulfonamides is 1. The zero-order valence-electron chi connectivity index (χ0n) is 21.7. The third-order valence-corrected chi connectivity index (χ3v) is 9.32. The zero-order valence-corrected chi connectivity index (χ0v) is 24.1. The summed E-state index contributed by atoms with van der Waals surface area (Å²) in [6, 6.07) is 14.1. The van der Waals surface area contributed by atoms with Gasteiger partial charge in [-0.3, -0.25) is 9.69 Å². The van der Waals surface area contributed by atoms with Gasteiger partial charge in [-0.15, -0.1) is 12.4 Å². The van der Waals surface area contributed by atoms with Gasteiger partial charge in [0.15, 0.2) is 5.13 Å². The first-order chi connectivity index (χ1) is 17.2. The molecule has 4 rings (SSSR count). The Kier molecular flexibility index (Phi) is 10.1. The zero-order chi connectivity index (χ0) is 25.9. The molecule has 2 atom stereocenters. The number of amides is 1. The van der Waals surface area contributed by atoms with E-state index in [9.17, 15) is 13.2 Å². The van der Waals surface area contributed by atoms with Crippen LogP contribution in [-0.2, 0) is 14.8 Å². The first-order valence-corrected chi connectivity index (χ1v) is 14.6. The largest absolute Gasteiger partial charge is 0.373 e. The lowest BCUT2D eigenvalue weighted by Crippen LogP contribution is -2.48. The molecule has 1 amide bonds. The topological polar surface area (TPSA) is 83.1 Å². The van der Waals surface area contributed by atoms with Crippen LogP contribution < -0.4 is 4.90 Å². The Morgan fingerprint density at radius 3 is 2.24 bits per heavy atom. The van der Waals surface area contributed by atoms with E-state index in [1.54, 1.807) is 17.0 Å². The van der Waals surface area contributed by atoms with Gasteiger partial charge in [-0.2, -0.15) is 4.31 Å². The summed E-state index contributed by atoms with van der Waals surface area (Å²) in [5, 5.41) is 0.640. The van der Waals surface area contributed by atoms with Crippen molar-refractivity contribution in [2.75, 3.05) is 44.2 Å². The van der Waals surface area contributed by atoms with E-state index < -0.39 is 10.0 Å². The van der Waals surface area contributed by atoms with Crippen molar-refractivity contribution >= 4 is 55.0 Å². The van der Waals surface area contributed by atoms with Gasteiger partial charge in [0.1, 0.15) is 0 Å². The van der Waals surface area contributed by atoms with E-state index in [-0.39, 0.29) is 35.4 Å². The SMILES string of the molecule is CCN(CC)CCN(C(=O)c1ccc(S(=O)(=O)N2CC(C)OC(C)C2)cc1)c1nc2ccccc2s1.Cl. The van der Waals surface area contributed by atoms with Gasteiger partial charge in [-0.25, -0.2) is 13.4 Å². The van der Waals surface area contributed by atoms with E-state index in [4.69, 9.17) is 9.72 Å². The van der Waals surface area contributed by atoms with Crippen LogP contribution in [-0.4, -0.2) is 80.0 Å².